The molecule has 7 heteroatoms. The van der Waals surface area contributed by atoms with Crippen molar-refractivity contribution < 1.29 is 19.1 Å². The number of amides is 2. The lowest BCUT2D eigenvalue weighted by Crippen LogP contribution is -2.35. The van der Waals surface area contributed by atoms with E-state index < -0.39 is 5.91 Å². The maximum Gasteiger partial charge on any atom is 0.255 e. The van der Waals surface area contributed by atoms with E-state index in [9.17, 15) is 9.59 Å². The second kappa shape index (κ2) is 8.63. The van der Waals surface area contributed by atoms with Crippen LogP contribution in [0.15, 0.2) is 42.5 Å². The average molecular weight is 395 g/mol. The number of carbonyl (C=O) groups is 2. The Balaban J connectivity index is 1.38. The van der Waals surface area contributed by atoms with Crippen molar-refractivity contribution in [2.75, 3.05) is 32.8 Å². The predicted octanol–water partition coefficient (Wildman–Crippen LogP) is 1.54. The van der Waals surface area contributed by atoms with E-state index >= 15 is 0 Å². The molecule has 2 aromatic carbocycles. The molecule has 2 heterocycles. The Bertz CT molecular complexity index is 891. The third-order valence-electron chi connectivity index (χ3n) is 5.27. The zero-order valence-corrected chi connectivity index (χ0v) is 16.3. The van der Waals surface area contributed by atoms with E-state index in [-0.39, 0.29) is 12.5 Å². The van der Waals surface area contributed by atoms with Crippen LogP contribution in [-0.4, -0.2) is 54.5 Å². The normalized spacial score (nSPS) is 16.7. The molecule has 0 aromatic heterocycles. The molecule has 0 atom stereocenters. The topological polar surface area (TPSA) is 85.1 Å². The Morgan fingerprint density at radius 1 is 1.07 bits per heavy atom. The van der Waals surface area contributed by atoms with Gasteiger partial charge >= 0.3 is 0 Å². The lowest BCUT2D eigenvalue weighted by Gasteiger charge is -2.26. The first kappa shape index (κ1) is 19.4. The summed E-state index contributed by atoms with van der Waals surface area (Å²) in [6, 6.07) is 13.8. The van der Waals surface area contributed by atoms with Crippen molar-refractivity contribution in [3.05, 3.63) is 64.7 Å². The van der Waals surface area contributed by atoms with Crippen LogP contribution >= 0.6 is 0 Å². The van der Waals surface area contributed by atoms with Crippen molar-refractivity contribution >= 4 is 11.8 Å². The van der Waals surface area contributed by atoms with Crippen LogP contribution in [0.2, 0.25) is 0 Å². The van der Waals surface area contributed by atoms with E-state index in [2.05, 4.69) is 29.2 Å². The van der Waals surface area contributed by atoms with Gasteiger partial charge in [0.25, 0.3) is 5.91 Å². The van der Waals surface area contributed by atoms with Crippen LogP contribution in [0.25, 0.3) is 0 Å². The van der Waals surface area contributed by atoms with Gasteiger partial charge in [0.2, 0.25) is 5.91 Å². The number of hydrogen-bond acceptors (Lipinski definition) is 5. The van der Waals surface area contributed by atoms with Crippen molar-refractivity contribution in [1.82, 2.24) is 9.80 Å². The van der Waals surface area contributed by atoms with Gasteiger partial charge in [-0.25, -0.2) is 0 Å². The Morgan fingerprint density at radius 3 is 2.52 bits per heavy atom. The number of rotatable bonds is 7. The average Bonchev–Trinajstić information content (AvgIpc) is 3.04. The van der Waals surface area contributed by atoms with Gasteiger partial charge in [-0.3, -0.25) is 14.5 Å². The fourth-order valence-corrected chi connectivity index (χ4v) is 3.73. The van der Waals surface area contributed by atoms with Gasteiger partial charge in [0.15, 0.2) is 0 Å². The van der Waals surface area contributed by atoms with Crippen LogP contribution in [0.4, 0.5) is 0 Å². The molecule has 2 N–H and O–H groups in total. The number of nitrogens with two attached hydrogens (primary N) is 1. The third kappa shape index (κ3) is 4.58. The molecular formula is C22H25N3O4. The summed E-state index contributed by atoms with van der Waals surface area (Å²) in [6.07, 6.45) is 0. The van der Waals surface area contributed by atoms with Gasteiger partial charge in [0.05, 0.1) is 26.3 Å². The second-order valence-electron chi connectivity index (χ2n) is 7.40. The van der Waals surface area contributed by atoms with Crippen LogP contribution < -0.4 is 10.5 Å². The summed E-state index contributed by atoms with van der Waals surface area (Å²) in [4.78, 5) is 27.4. The lowest BCUT2D eigenvalue weighted by molar-refractivity contribution is -0.118. The number of fused-ring (bicyclic) bond motifs is 1. The van der Waals surface area contributed by atoms with Crippen LogP contribution in [0.1, 0.15) is 27.0 Å². The Hall–Kier alpha value is -2.90. The number of morpholine rings is 1. The zero-order chi connectivity index (χ0) is 20.2. The van der Waals surface area contributed by atoms with Gasteiger partial charge in [-0.15, -0.1) is 0 Å². The molecule has 0 saturated carbocycles. The first-order valence-corrected chi connectivity index (χ1v) is 9.80. The smallest absolute Gasteiger partial charge is 0.255 e. The summed E-state index contributed by atoms with van der Waals surface area (Å²) in [5.41, 5.74) is 8.95. The molecule has 0 unspecified atom stereocenters. The first-order valence-electron chi connectivity index (χ1n) is 9.80. The third-order valence-corrected chi connectivity index (χ3v) is 5.27. The molecule has 1 fully saturated rings. The molecular weight excluding hydrogens is 370 g/mol. The molecule has 29 heavy (non-hydrogen) atoms. The molecule has 2 aliphatic rings. The van der Waals surface area contributed by atoms with E-state index in [0.717, 1.165) is 44.0 Å². The molecule has 0 bridgehead atoms. The highest BCUT2D eigenvalue weighted by atomic mass is 16.5. The molecule has 2 aromatic rings. The maximum absolute atomic E-state index is 12.4. The highest BCUT2D eigenvalue weighted by molar-refractivity contribution is 6.00. The fraction of sp³-hybridized carbons (Fsp3) is 0.364. The number of ether oxygens (including phenoxy) is 2. The fourth-order valence-electron chi connectivity index (χ4n) is 3.73. The zero-order valence-electron chi connectivity index (χ0n) is 16.3. The molecule has 4 rings (SSSR count). The summed E-state index contributed by atoms with van der Waals surface area (Å²) in [6.45, 7) is 5.13. The van der Waals surface area contributed by atoms with Gasteiger partial charge < -0.3 is 20.1 Å². The van der Waals surface area contributed by atoms with Gasteiger partial charge in [-0.2, -0.15) is 0 Å². The Morgan fingerprint density at radius 2 is 1.79 bits per heavy atom. The first-order chi connectivity index (χ1) is 14.1. The molecule has 152 valence electrons. The highest BCUT2D eigenvalue weighted by Crippen LogP contribution is 2.31. The van der Waals surface area contributed by atoms with Crippen molar-refractivity contribution in [3.8, 4) is 5.75 Å². The molecule has 7 nitrogen and oxygen atoms in total. The van der Waals surface area contributed by atoms with Crippen molar-refractivity contribution in [2.45, 2.75) is 19.7 Å². The Labute approximate surface area is 170 Å². The molecule has 0 spiro atoms. The largest absolute Gasteiger partial charge is 0.489 e. The number of benzene rings is 2. The summed E-state index contributed by atoms with van der Waals surface area (Å²) in [5.74, 6) is -0.0391. The van der Waals surface area contributed by atoms with E-state index in [0.29, 0.717) is 24.5 Å². The van der Waals surface area contributed by atoms with Gasteiger partial charge in [-0.05, 0) is 23.3 Å². The van der Waals surface area contributed by atoms with E-state index in [4.69, 9.17) is 15.2 Å². The van der Waals surface area contributed by atoms with Crippen molar-refractivity contribution in [1.29, 1.82) is 0 Å². The molecule has 1 saturated heterocycles. The number of hydrogen-bond donors (Lipinski definition) is 1. The molecule has 2 aliphatic heterocycles. The Kier molecular flexibility index (Phi) is 5.78. The van der Waals surface area contributed by atoms with Gasteiger partial charge in [-0.1, -0.05) is 30.3 Å². The predicted molar refractivity (Wildman–Crippen MR) is 107 cm³/mol. The summed E-state index contributed by atoms with van der Waals surface area (Å²) >= 11 is 0. The van der Waals surface area contributed by atoms with E-state index in [1.807, 2.05) is 6.07 Å². The number of carbonyl (C=O) groups excluding carboxylic acids is 2. The quantitative estimate of drug-likeness (QED) is 0.769. The minimum atomic E-state index is -0.522. The van der Waals surface area contributed by atoms with Crippen LogP contribution in [0.5, 0.6) is 5.75 Å². The minimum absolute atomic E-state index is 0.0858. The monoisotopic (exact) mass is 395 g/mol. The summed E-state index contributed by atoms with van der Waals surface area (Å²) < 4.78 is 11.4. The maximum atomic E-state index is 12.4. The van der Waals surface area contributed by atoms with Crippen molar-refractivity contribution in [2.24, 2.45) is 5.73 Å². The standard InChI is InChI=1S/C22H25N3O4/c23-21(26)14-25-13-19-18(22(25)27)2-1-3-20(19)29-15-17-6-4-16(5-7-17)12-24-8-10-28-11-9-24/h1-7H,8-15H2,(H2,23,26). The molecule has 0 aliphatic carbocycles. The molecule has 0 radical (unpaired) electrons. The van der Waals surface area contributed by atoms with Crippen LogP contribution in [0, 0.1) is 0 Å². The summed E-state index contributed by atoms with van der Waals surface area (Å²) in [5, 5.41) is 0. The lowest BCUT2D eigenvalue weighted by atomic mass is 10.1. The highest BCUT2D eigenvalue weighted by Gasteiger charge is 2.30. The van der Waals surface area contributed by atoms with Gasteiger partial charge in [0.1, 0.15) is 12.4 Å². The van der Waals surface area contributed by atoms with E-state index in [1.54, 1.807) is 12.1 Å². The number of nitrogens with zero attached hydrogens (tertiary/aromatic N) is 2. The molecule has 2 amide bonds. The SMILES string of the molecule is NC(=O)CN1Cc2c(OCc3ccc(CN4CCOCC4)cc3)cccc2C1=O. The van der Waals surface area contributed by atoms with Crippen LogP contribution in [-0.2, 0) is 29.2 Å². The van der Waals surface area contributed by atoms with Crippen LogP contribution in [0.3, 0.4) is 0 Å². The summed E-state index contributed by atoms with van der Waals surface area (Å²) in [7, 11) is 0. The second-order valence-corrected chi connectivity index (χ2v) is 7.40. The van der Waals surface area contributed by atoms with Gasteiger partial charge in [0, 0.05) is 30.8 Å². The van der Waals surface area contributed by atoms with Crippen molar-refractivity contribution in [3.63, 3.8) is 0 Å². The van der Waals surface area contributed by atoms with E-state index in [1.165, 1.54) is 10.5 Å². The number of primary amides is 1. The minimum Gasteiger partial charge on any atom is -0.489 e.